The van der Waals surface area contributed by atoms with Crippen molar-refractivity contribution in [3.63, 3.8) is 0 Å². The lowest BCUT2D eigenvalue weighted by molar-refractivity contribution is -0.137. The summed E-state index contributed by atoms with van der Waals surface area (Å²) in [4.78, 5) is 47.7. The number of hydrogen-bond acceptors (Lipinski definition) is 8. The first kappa shape index (κ1) is 28.5. The second kappa shape index (κ2) is 11.3. The molecule has 1 aliphatic carbocycles. The van der Waals surface area contributed by atoms with Gasteiger partial charge >= 0.3 is 0 Å². The van der Waals surface area contributed by atoms with E-state index in [4.69, 9.17) is 4.74 Å². The average molecular weight is 586 g/mol. The normalized spacial score (nSPS) is 25.0. The van der Waals surface area contributed by atoms with E-state index in [1.165, 1.54) is 37.8 Å². The molecule has 2 amide bonds. The van der Waals surface area contributed by atoms with Crippen LogP contribution in [0.25, 0.3) is 0 Å². The molecule has 5 aliphatic rings. The number of amides is 2. The van der Waals surface area contributed by atoms with Gasteiger partial charge in [0, 0.05) is 66.3 Å². The molecule has 7 rings (SSSR count). The Balaban J connectivity index is 0.948. The number of likely N-dealkylation sites (tertiary alicyclic amines) is 1. The Bertz CT molecular complexity index is 1370. The zero-order chi connectivity index (χ0) is 29.6. The van der Waals surface area contributed by atoms with Crippen molar-refractivity contribution in [2.75, 3.05) is 51.3 Å². The second-order valence-corrected chi connectivity index (χ2v) is 13.9. The number of fused-ring (bicyclic) bond motifs is 2. The van der Waals surface area contributed by atoms with E-state index in [1.54, 1.807) is 0 Å². The maximum atomic E-state index is 12.5. The number of anilines is 1. The van der Waals surface area contributed by atoms with Crippen molar-refractivity contribution < 1.29 is 19.1 Å². The SMILES string of the molecule is CN(Cc1c(C=O)ccc2c1OCC21CCN(CC2CCC3(CC2)CN(c2ccccn2)C3)CC1)C1CCC(=O)NC1=O. The van der Waals surface area contributed by atoms with E-state index in [-0.39, 0.29) is 17.2 Å². The van der Waals surface area contributed by atoms with E-state index in [9.17, 15) is 14.4 Å². The predicted octanol–water partition coefficient (Wildman–Crippen LogP) is 3.55. The smallest absolute Gasteiger partial charge is 0.243 e. The summed E-state index contributed by atoms with van der Waals surface area (Å²) < 4.78 is 6.40. The van der Waals surface area contributed by atoms with E-state index in [0.29, 0.717) is 37.0 Å². The van der Waals surface area contributed by atoms with Gasteiger partial charge in [-0.3, -0.25) is 24.6 Å². The summed E-state index contributed by atoms with van der Waals surface area (Å²) in [5.41, 5.74) is 3.15. The number of hydrogen-bond donors (Lipinski definition) is 1. The minimum atomic E-state index is -0.398. The van der Waals surface area contributed by atoms with Crippen LogP contribution in [0.15, 0.2) is 36.5 Å². The van der Waals surface area contributed by atoms with Gasteiger partial charge in [-0.2, -0.15) is 0 Å². The molecule has 1 N–H and O–H groups in total. The Labute approximate surface area is 254 Å². The van der Waals surface area contributed by atoms with E-state index in [2.05, 4.69) is 38.3 Å². The Morgan fingerprint density at radius 1 is 1.07 bits per heavy atom. The number of carbonyl (C=O) groups excluding carboxylic acids is 3. The van der Waals surface area contributed by atoms with Gasteiger partial charge in [0.2, 0.25) is 11.8 Å². The minimum Gasteiger partial charge on any atom is -0.492 e. The number of aromatic nitrogens is 1. The quantitative estimate of drug-likeness (QED) is 0.390. The fourth-order valence-corrected chi connectivity index (χ4v) is 8.45. The monoisotopic (exact) mass is 585 g/mol. The van der Waals surface area contributed by atoms with Crippen molar-refractivity contribution in [3.05, 3.63) is 53.2 Å². The maximum Gasteiger partial charge on any atom is 0.243 e. The third kappa shape index (κ3) is 5.35. The Hall–Kier alpha value is -3.30. The van der Waals surface area contributed by atoms with Gasteiger partial charge in [-0.05, 0) is 83.1 Å². The van der Waals surface area contributed by atoms with E-state index in [0.717, 1.165) is 68.4 Å². The highest BCUT2D eigenvalue weighted by atomic mass is 16.5. The third-order valence-electron chi connectivity index (χ3n) is 11.2. The number of ether oxygens (including phenoxy) is 1. The van der Waals surface area contributed by atoms with Crippen LogP contribution in [-0.4, -0.2) is 85.3 Å². The molecular formula is C34H43N5O4. The lowest BCUT2D eigenvalue weighted by Gasteiger charge is -2.54. The fraction of sp³-hybridized carbons (Fsp3) is 0.588. The minimum absolute atomic E-state index is 0.0211. The first-order chi connectivity index (χ1) is 20.9. The standard InChI is InChI=1S/C34H43N5O4/c1-37(28-7-8-30(41)36-32(28)42)19-26-25(20-40)5-6-27-31(26)43-23-34(27)13-16-38(17-14-34)18-24-9-11-33(12-10-24)21-39(22-33)29-4-2-3-15-35-29/h2-6,15,20,24,28H,7-14,16-19,21-23H2,1H3,(H,36,41,42). The Morgan fingerprint density at radius 3 is 2.56 bits per heavy atom. The number of piperidine rings is 2. The number of imide groups is 1. The highest BCUT2D eigenvalue weighted by molar-refractivity contribution is 6.00. The zero-order valence-electron chi connectivity index (χ0n) is 25.2. The molecule has 9 heteroatoms. The van der Waals surface area contributed by atoms with Crippen LogP contribution in [0.1, 0.15) is 72.9 Å². The molecule has 2 aromatic rings. The molecule has 0 bridgehead atoms. The highest BCUT2D eigenvalue weighted by Gasteiger charge is 2.47. The molecule has 1 aromatic heterocycles. The first-order valence-electron chi connectivity index (χ1n) is 16.0. The number of likely N-dealkylation sites (N-methyl/N-ethyl adjacent to an activating group) is 1. The van der Waals surface area contributed by atoms with E-state index >= 15 is 0 Å². The van der Waals surface area contributed by atoms with Gasteiger partial charge in [0.15, 0.2) is 6.29 Å². The number of carbonyl (C=O) groups is 3. The van der Waals surface area contributed by atoms with Crippen molar-refractivity contribution in [1.29, 1.82) is 0 Å². The number of aldehydes is 1. The van der Waals surface area contributed by atoms with Gasteiger partial charge < -0.3 is 14.5 Å². The lowest BCUT2D eigenvalue weighted by atomic mass is 9.65. The summed E-state index contributed by atoms with van der Waals surface area (Å²) in [5.74, 6) is 2.23. The summed E-state index contributed by atoms with van der Waals surface area (Å²) in [7, 11) is 1.88. The van der Waals surface area contributed by atoms with Gasteiger partial charge in [-0.15, -0.1) is 0 Å². The fourth-order valence-electron chi connectivity index (χ4n) is 8.45. The van der Waals surface area contributed by atoms with Gasteiger partial charge in [0.05, 0.1) is 12.6 Å². The summed E-state index contributed by atoms with van der Waals surface area (Å²) in [5, 5.41) is 2.45. The Kier molecular flexibility index (Phi) is 7.50. The van der Waals surface area contributed by atoms with Gasteiger partial charge in [0.25, 0.3) is 0 Å². The van der Waals surface area contributed by atoms with Crippen LogP contribution >= 0.6 is 0 Å². The van der Waals surface area contributed by atoms with Crippen molar-refractivity contribution in [1.82, 2.24) is 20.1 Å². The first-order valence-corrected chi connectivity index (χ1v) is 16.0. The number of pyridine rings is 1. The van der Waals surface area contributed by atoms with Crippen molar-refractivity contribution >= 4 is 23.9 Å². The summed E-state index contributed by atoms with van der Waals surface area (Å²) >= 11 is 0. The molecular weight excluding hydrogens is 542 g/mol. The summed E-state index contributed by atoms with van der Waals surface area (Å²) in [6.45, 7) is 6.70. The summed E-state index contributed by atoms with van der Waals surface area (Å²) in [6.07, 6.45) is 11.0. The maximum absolute atomic E-state index is 12.5. The van der Waals surface area contributed by atoms with Crippen molar-refractivity contribution in [3.8, 4) is 5.75 Å². The van der Waals surface area contributed by atoms with Crippen LogP contribution < -0.4 is 15.0 Å². The number of nitrogens with zero attached hydrogens (tertiary/aromatic N) is 4. The van der Waals surface area contributed by atoms with E-state index in [1.807, 2.05) is 30.3 Å². The molecule has 43 heavy (non-hydrogen) atoms. The molecule has 9 nitrogen and oxygen atoms in total. The molecule has 1 atom stereocenters. The zero-order valence-corrected chi connectivity index (χ0v) is 25.2. The molecule has 1 aromatic carbocycles. The van der Waals surface area contributed by atoms with Gasteiger partial charge in [-0.25, -0.2) is 4.98 Å². The topological polar surface area (TPSA) is 95.1 Å². The summed E-state index contributed by atoms with van der Waals surface area (Å²) in [6, 6.07) is 9.81. The molecule has 2 spiro atoms. The number of rotatable bonds is 7. The van der Waals surface area contributed by atoms with E-state index < -0.39 is 6.04 Å². The average Bonchev–Trinajstić information content (AvgIpc) is 3.36. The molecule has 5 heterocycles. The number of benzene rings is 1. The van der Waals surface area contributed by atoms with Crippen LogP contribution in [0, 0.1) is 11.3 Å². The second-order valence-electron chi connectivity index (χ2n) is 13.9. The molecule has 228 valence electrons. The van der Waals surface area contributed by atoms with Crippen LogP contribution in [0.4, 0.5) is 5.82 Å². The molecule has 1 unspecified atom stereocenters. The molecule has 1 saturated carbocycles. The van der Waals surface area contributed by atoms with Crippen LogP contribution in [0.5, 0.6) is 5.75 Å². The largest absolute Gasteiger partial charge is 0.492 e. The van der Waals surface area contributed by atoms with Crippen LogP contribution in [0.3, 0.4) is 0 Å². The molecule has 4 aliphatic heterocycles. The highest BCUT2D eigenvalue weighted by Crippen LogP contribution is 2.49. The third-order valence-corrected chi connectivity index (χ3v) is 11.2. The van der Waals surface area contributed by atoms with Crippen LogP contribution in [-0.2, 0) is 21.5 Å². The van der Waals surface area contributed by atoms with Gasteiger partial charge in [0.1, 0.15) is 11.6 Å². The van der Waals surface area contributed by atoms with Crippen LogP contribution in [0.2, 0.25) is 0 Å². The van der Waals surface area contributed by atoms with Crippen molar-refractivity contribution in [2.45, 2.75) is 69.4 Å². The molecule has 0 radical (unpaired) electrons. The lowest BCUT2D eigenvalue weighted by Crippen LogP contribution is -2.58. The Morgan fingerprint density at radius 2 is 1.86 bits per heavy atom. The molecule has 3 saturated heterocycles. The molecule has 4 fully saturated rings. The van der Waals surface area contributed by atoms with Crippen molar-refractivity contribution in [2.24, 2.45) is 11.3 Å². The number of nitrogens with one attached hydrogen (secondary N) is 1. The van der Waals surface area contributed by atoms with Gasteiger partial charge in [-0.1, -0.05) is 18.2 Å². The predicted molar refractivity (Wildman–Crippen MR) is 163 cm³/mol.